The maximum atomic E-state index is 13.3. The Morgan fingerprint density at radius 3 is 2.33 bits per heavy atom. The Morgan fingerprint density at radius 1 is 1.07 bits per heavy atom. The summed E-state index contributed by atoms with van der Waals surface area (Å²) >= 11 is 0. The molecular formula is C21H26N2O3S. The van der Waals surface area contributed by atoms with Crippen molar-refractivity contribution in [1.29, 1.82) is 0 Å². The fraction of sp³-hybridized carbons (Fsp3) is 0.381. The molecule has 1 amide bonds. The lowest BCUT2D eigenvalue weighted by atomic mass is 9.72. The Balaban J connectivity index is 1.90. The fourth-order valence-electron chi connectivity index (χ4n) is 3.71. The molecule has 1 aliphatic rings. The van der Waals surface area contributed by atoms with Crippen LogP contribution >= 0.6 is 0 Å². The highest BCUT2D eigenvalue weighted by atomic mass is 32.2. The Kier molecular flexibility index (Phi) is 5.67. The molecule has 1 heterocycles. The maximum Gasteiger partial charge on any atom is 0.235 e. The number of sulfonamides is 1. The second-order valence-electron chi connectivity index (χ2n) is 7.07. The maximum absolute atomic E-state index is 13.3. The van der Waals surface area contributed by atoms with Crippen molar-refractivity contribution in [3.05, 3.63) is 65.7 Å². The summed E-state index contributed by atoms with van der Waals surface area (Å²) in [6, 6.07) is 17.4. The zero-order valence-electron chi connectivity index (χ0n) is 15.8. The highest BCUT2D eigenvalue weighted by molar-refractivity contribution is 7.89. The minimum Gasteiger partial charge on any atom is -0.325 e. The first kappa shape index (κ1) is 19.6. The number of anilines is 1. The van der Waals surface area contributed by atoms with Gasteiger partial charge in [0.15, 0.2) is 0 Å². The summed E-state index contributed by atoms with van der Waals surface area (Å²) in [5, 5.41) is 3.05. The third-order valence-corrected chi connectivity index (χ3v) is 7.25. The van der Waals surface area contributed by atoms with E-state index in [0.717, 1.165) is 16.8 Å². The van der Waals surface area contributed by atoms with E-state index in [2.05, 4.69) is 5.32 Å². The van der Waals surface area contributed by atoms with E-state index in [0.29, 0.717) is 25.9 Å². The van der Waals surface area contributed by atoms with Crippen LogP contribution in [0.5, 0.6) is 0 Å². The molecule has 0 bridgehead atoms. The van der Waals surface area contributed by atoms with Gasteiger partial charge >= 0.3 is 0 Å². The molecule has 5 nitrogen and oxygen atoms in total. The number of amides is 1. The SMILES string of the molecule is CCS(=O)(=O)N1CCC(C(=O)Nc2cccc(C)c2)(c2ccccc2)CC1. The summed E-state index contributed by atoms with van der Waals surface area (Å²) in [4.78, 5) is 13.3. The Morgan fingerprint density at radius 2 is 1.74 bits per heavy atom. The van der Waals surface area contributed by atoms with Gasteiger partial charge in [0.1, 0.15) is 0 Å². The number of piperidine rings is 1. The first-order valence-electron chi connectivity index (χ1n) is 9.29. The lowest BCUT2D eigenvalue weighted by Crippen LogP contribution is -2.51. The van der Waals surface area contributed by atoms with Gasteiger partial charge in [-0.3, -0.25) is 4.79 Å². The molecule has 0 aliphatic carbocycles. The first-order valence-corrected chi connectivity index (χ1v) is 10.9. The van der Waals surface area contributed by atoms with Crippen LogP contribution in [0.2, 0.25) is 0 Å². The van der Waals surface area contributed by atoms with Crippen molar-refractivity contribution in [3.63, 3.8) is 0 Å². The number of nitrogens with zero attached hydrogens (tertiary/aromatic N) is 1. The molecule has 0 saturated carbocycles. The van der Waals surface area contributed by atoms with Gasteiger partial charge < -0.3 is 5.32 Å². The molecule has 2 aromatic rings. The molecule has 6 heteroatoms. The van der Waals surface area contributed by atoms with Crippen molar-refractivity contribution in [1.82, 2.24) is 4.31 Å². The third-order valence-electron chi connectivity index (χ3n) is 5.37. The smallest absolute Gasteiger partial charge is 0.235 e. The minimum absolute atomic E-state index is 0.0761. The van der Waals surface area contributed by atoms with Gasteiger partial charge in [-0.05, 0) is 49.9 Å². The Labute approximate surface area is 161 Å². The average molecular weight is 387 g/mol. The molecule has 144 valence electrons. The van der Waals surface area contributed by atoms with Crippen LogP contribution in [0.4, 0.5) is 5.69 Å². The fourth-order valence-corrected chi connectivity index (χ4v) is 4.81. The molecule has 1 fully saturated rings. The number of nitrogens with one attached hydrogen (secondary N) is 1. The zero-order chi connectivity index (χ0) is 19.5. The number of hydrogen-bond donors (Lipinski definition) is 1. The summed E-state index contributed by atoms with van der Waals surface area (Å²) in [6.07, 6.45) is 0.932. The van der Waals surface area contributed by atoms with Crippen LogP contribution in [0.3, 0.4) is 0 Å². The van der Waals surface area contributed by atoms with Crippen LogP contribution in [-0.2, 0) is 20.2 Å². The van der Waals surface area contributed by atoms with Crippen molar-refractivity contribution in [2.75, 3.05) is 24.2 Å². The number of rotatable bonds is 5. The van der Waals surface area contributed by atoms with E-state index in [-0.39, 0.29) is 11.7 Å². The van der Waals surface area contributed by atoms with Gasteiger partial charge in [-0.1, -0.05) is 42.5 Å². The normalized spacial score (nSPS) is 17.4. The van der Waals surface area contributed by atoms with Crippen LogP contribution in [0.1, 0.15) is 30.9 Å². The van der Waals surface area contributed by atoms with Gasteiger partial charge in [0.05, 0.1) is 11.2 Å². The topological polar surface area (TPSA) is 66.5 Å². The summed E-state index contributed by atoms with van der Waals surface area (Å²) in [6.45, 7) is 4.34. The minimum atomic E-state index is -3.24. The highest BCUT2D eigenvalue weighted by Crippen LogP contribution is 2.37. The van der Waals surface area contributed by atoms with E-state index in [1.54, 1.807) is 6.92 Å². The van der Waals surface area contributed by atoms with Crippen molar-refractivity contribution in [2.24, 2.45) is 0 Å². The van der Waals surface area contributed by atoms with Crippen LogP contribution in [0.15, 0.2) is 54.6 Å². The summed E-state index contributed by atoms with van der Waals surface area (Å²) in [5.41, 5.74) is 2.04. The summed E-state index contributed by atoms with van der Waals surface area (Å²) < 4.78 is 26.0. The molecule has 0 atom stereocenters. The molecule has 0 spiro atoms. The van der Waals surface area contributed by atoms with Gasteiger partial charge in [0.2, 0.25) is 15.9 Å². The van der Waals surface area contributed by atoms with E-state index in [4.69, 9.17) is 0 Å². The molecule has 1 N–H and O–H groups in total. The Hall–Kier alpha value is -2.18. The van der Waals surface area contributed by atoms with Crippen LogP contribution in [0, 0.1) is 6.92 Å². The van der Waals surface area contributed by atoms with E-state index in [1.165, 1.54) is 4.31 Å². The predicted molar refractivity (Wildman–Crippen MR) is 108 cm³/mol. The number of carbonyl (C=O) groups is 1. The molecule has 1 saturated heterocycles. The van der Waals surface area contributed by atoms with Gasteiger partial charge in [-0.15, -0.1) is 0 Å². The number of carbonyl (C=O) groups excluding carboxylic acids is 1. The lowest BCUT2D eigenvalue weighted by molar-refractivity contribution is -0.123. The highest BCUT2D eigenvalue weighted by Gasteiger charge is 2.44. The molecule has 3 rings (SSSR count). The van der Waals surface area contributed by atoms with E-state index in [9.17, 15) is 13.2 Å². The Bertz CT molecular complexity index is 902. The van der Waals surface area contributed by atoms with Crippen LogP contribution < -0.4 is 5.32 Å². The zero-order valence-corrected chi connectivity index (χ0v) is 16.6. The van der Waals surface area contributed by atoms with Gasteiger partial charge in [-0.2, -0.15) is 0 Å². The second-order valence-corrected chi connectivity index (χ2v) is 9.33. The van der Waals surface area contributed by atoms with Gasteiger partial charge in [0.25, 0.3) is 0 Å². The van der Waals surface area contributed by atoms with Crippen molar-refractivity contribution >= 4 is 21.6 Å². The molecule has 0 unspecified atom stereocenters. The second kappa shape index (κ2) is 7.82. The largest absolute Gasteiger partial charge is 0.325 e. The number of hydrogen-bond acceptors (Lipinski definition) is 3. The summed E-state index contributed by atoms with van der Waals surface area (Å²) in [5.74, 6) is 0.00808. The van der Waals surface area contributed by atoms with E-state index < -0.39 is 15.4 Å². The number of aryl methyl sites for hydroxylation is 1. The molecule has 2 aromatic carbocycles. The molecular weight excluding hydrogens is 360 g/mol. The van der Waals surface area contributed by atoms with E-state index in [1.807, 2.05) is 61.5 Å². The van der Waals surface area contributed by atoms with Crippen molar-refractivity contribution < 1.29 is 13.2 Å². The van der Waals surface area contributed by atoms with Crippen LogP contribution in [0.25, 0.3) is 0 Å². The van der Waals surface area contributed by atoms with E-state index >= 15 is 0 Å². The number of benzene rings is 2. The van der Waals surface area contributed by atoms with Gasteiger partial charge in [-0.25, -0.2) is 12.7 Å². The quantitative estimate of drug-likeness (QED) is 0.857. The standard InChI is InChI=1S/C21H26N2O3S/c1-3-27(25,26)23-14-12-21(13-15-23,18-9-5-4-6-10-18)20(24)22-19-11-7-8-17(2)16-19/h4-11,16H,3,12-15H2,1-2H3,(H,22,24). The molecule has 1 aliphatic heterocycles. The lowest BCUT2D eigenvalue weighted by Gasteiger charge is -2.40. The van der Waals surface area contributed by atoms with Gasteiger partial charge in [0, 0.05) is 18.8 Å². The van der Waals surface area contributed by atoms with Crippen LogP contribution in [-0.4, -0.2) is 37.5 Å². The first-order chi connectivity index (χ1) is 12.9. The molecule has 27 heavy (non-hydrogen) atoms. The average Bonchev–Trinajstić information content (AvgIpc) is 2.68. The van der Waals surface area contributed by atoms with Crippen molar-refractivity contribution in [2.45, 2.75) is 32.1 Å². The summed E-state index contributed by atoms with van der Waals surface area (Å²) in [7, 11) is -3.24. The third kappa shape index (κ3) is 4.06. The monoisotopic (exact) mass is 386 g/mol. The predicted octanol–water partition coefficient (Wildman–Crippen LogP) is 3.32. The molecule has 0 aromatic heterocycles. The van der Waals surface area contributed by atoms with Crippen molar-refractivity contribution in [3.8, 4) is 0 Å². The molecule has 0 radical (unpaired) electrons.